The Bertz CT molecular complexity index is 939. The molecule has 0 spiro atoms. The maximum atomic E-state index is 12.7. The fourth-order valence-corrected chi connectivity index (χ4v) is 4.78. The molecule has 11 heteroatoms. The summed E-state index contributed by atoms with van der Waals surface area (Å²) >= 11 is 6.96. The van der Waals surface area contributed by atoms with Gasteiger partial charge in [-0.2, -0.15) is 4.31 Å². The van der Waals surface area contributed by atoms with Gasteiger partial charge in [-0.25, -0.2) is 13.4 Å². The van der Waals surface area contributed by atoms with Crippen LogP contribution in [0.2, 0.25) is 5.02 Å². The molecule has 0 aliphatic carbocycles. The van der Waals surface area contributed by atoms with Crippen molar-refractivity contribution in [3.05, 3.63) is 39.9 Å². The van der Waals surface area contributed by atoms with Gasteiger partial charge < -0.3 is 5.73 Å². The zero-order valence-electron chi connectivity index (χ0n) is 14.0. The summed E-state index contributed by atoms with van der Waals surface area (Å²) in [7, 11) is -3.82. The minimum absolute atomic E-state index is 0.0266. The average Bonchev–Trinajstić information content (AvgIpc) is 3.04. The van der Waals surface area contributed by atoms with Crippen molar-refractivity contribution in [3.8, 4) is 0 Å². The largest absolute Gasteiger partial charge is 0.365 e. The molecular weight excluding hydrogens is 400 g/mol. The fourth-order valence-electron chi connectivity index (χ4n) is 2.16. The number of hydrogen-bond acceptors (Lipinski definition) is 6. The molecule has 2 amide bonds. The molecule has 1 heterocycles. The third kappa shape index (κ3) is 4.21. The normalized spacial score (nSPS) is 11.5. The van der Waals surface area contributed by atoms with Crippen LogP contribution < -0.4 is 11.1 Å². The second-order valence-electron chi connectivity index (χ2n) is 5.08. The number of halogens is 1. The number of benzene rings is 1. The van der Waals surface area contributed by atoms with E-state index in [1.165, 1.54) is 28.7 Å². The summed E-state index contributed by atoms with van der Waals surface area (Å²) in [6.07, 6.45) is 1.25. The highest BCUT2D eigenvalue weighted by Gasteiger charge is 2.25. The van der Waals surface area contributed by atoms with Gasteiger partial charge in [-0.1, -0.05) is 36.8 Å². The van der Waals surface area contributed by atoms with Crippen LogP contribution in [0.3, 0.4) is 0 Å². The Hall–Kier alpha value is -2.01. The summed E-state index contributed by atoms with van der Waals surface area (Å²) in [4.78, 5) is 27.4. The van der Waals surface area contributed by atoms with Crippen molar-refractivity contribution in [1.29, 1.82) is 0 Å². The molecule has 0 saturated carbocycles. The molecule has 0 saturated heterocycles. The Kier molecular flexibility index (Phi) is 6.34. The molecule has 140 valence electrons. The fraction of sp³-hybridized carbons (Fsp3) is 0.267. The van der Waals surface area contributed by atoms with Gasteiger partial charge in [0.05, 0.1) is 11.2 Å². The maximum absolute atomic E-state index is 12.7. The minimum Gasteiger partial charge on any atom is -0.365 e. The van der Waals surface area contributed by atoms with Gasteiger partial charge in [0.2, 0.25) is 10.0 Å². The predicted octanol–water partition coefficient (Wildman–Crippen LogP) is 2.18. The molecular formula is C15H17ClN4O4S2. The van der Waals surface area contributed by atoms with Crippen LogP contribution in [0.1, 0.15) is 33.9 Å². The van der Waals surface area contributed by atoms with E-state index in [1.807, 2.05) is 0 Å². The summed E-state index contributed by atoms with van der Waals surface area (Å²) in [6, 6.07) is 3.97. The molecule has 2 rings (SSSR count). The molecule has 0 bridgehead atoms. The minimum atomic E-state index is -3.82. The quantitative estimate of drug-likeness (QED) is 0.716. The first-order valence-corrected chi connectivity index (χ1v) is 10.2. The molecule has 0 unspecified atom stereocenters. The molecule has 26 heavy (non-hydrogen) atoms. The highest BCUT2D eigenvalue weighted by molar-refractivity contribution is 7.89. The first-order valence-electron chi connectivity index (χ1n) is 7.57. The molecule has 0 radical (unpaired) electrons. The van der Waals surface area contributed by atoms with Gasteiger partial charge in [-0.3, -0.25) is 14.9 Å². The van der Waals surface area contributed by atoms with Gasteiger partial charge >= 0.3 is 0 Å². The van der Waals surface area contributed by atoms with E-state index < -0.39 is 21.8 Å². The van der Waals surface area contributed by atoms with Crippen molar-refractivity contribution in [3.63, 3.8) is 0 Å². The Morgan fingerprint density at radius 3 is 2.50 bits per heavy atom. The second kappa shape index (κ2) is 8.12. The van der Waals surface area contributed by atoms with Crippen LogP contribution in [-0.4, -0.2) is 42.6 Å². The van der Waals surface area contributed by atoms with Crippen molar-refractivity contribution in [2.45, 2.75) is 18.7 Å². The topological polar surface area (TPSA) is 122 Å². The van der Waals surface area contributed by atoms with Crippen LogP contribution >= 0.6 is 22.9 Å². The van der Waals surface area contributed by atoms with E-state index in [9.17, 15) is 18.0 Å². The molecule has 0 aliphatic rings. The summed E-state index contributed by atoms with van der Waals surface area (Å²) in [5.41, 5.74) is 5.23. The number of nitrogens with one attached hydrogen (secondary N) is 1. The number of amides is 2. The third-order valence-electron chi connectivity index (χ3n) is 3.49. The smallest absolute Gasteiger partial charge is 0.260 e. The molecule has 1 aromatic carbocycles. The average molecular weight is 417 g/mol. The van der Waals surface area contributed by atoms with Crippen LogP contribution in [0.25, 0.3) is 0 Å². The molecule has 0 aliphatic heterocycles. The van der Waals surface area contributed by atoms with Crippen LogP contribution in [0.15, 0.2) is 29.3 Å². The molecule has 3 N–H and O–H groups in total. The number of carbonyl (C=O) groups excluding carboxylic acids is 2. The van der Waals surface area contributed by atoms with E-state index in [-0.39, 0.29) is 38.6 Å². The van der Waals surface area contributed by atoms with E-state index in [0.717, 1.165) is 11.3 Å². The zero-order valence-corrected chi connectivity index (χ0v) is 16.4. The number of nitrogens with zero attached hydrogens (tertiary/aromatic N) is 2. The number of primary amides is 1. The van der Waals surface area contributed by atoms with Gasteiger partial charge in [0.1, 0.15) is 9.77 Å². The van der Waals surface area contributed by atoms with Gasteiger partial charge in [0.25, 0.3) is 11.8 Å². The van der Waals surface area contributed by atoms with Crippen molar-refractivity contribution in [2.24, 2.45) is 5.73 Å². The van der Waals surface area contributed by atoms with E-state index in [2.05, 4.69) is 10.3 Å². The summed E-state index contributed by atoms with van der Waals surface area (Å²) in [6.45, 7) is 3.98. The van der Waals surface area contributed by atoms with E-state index in [4.69, 9.17) is 17.3 Å². The number of nitrogens with two attached hydrogens (primary N) is 1. The molecule has 0 fully saturated rings. The number of rotatable bonds is 7. The summed E-state index contributed by atoms with van der Waals surface area (Å²) < 4.78 is 26.6. The SMILES string of the molecule is CCN(CC)S(=O)(=O)c1cc(C(=O)Nc2ncc(C(N)=O)s2)ccc1Cl. The van der Waals surface area contributed by atoms with Gasteiger partial charge in [-0.15, -0.1) is 0 Å². The Labute approximate surface area is 160 Å². The first kappa shape index (κ1) is 20.3. The second-order valence-corrected chi connectivity index (χ2v) is 8.43. The van der Waals surface area contributed by atoms with E-state index in [1.54, 1.807) is 13.8 Å². The lowest BCUT2D eigenvalue weighted by Crippen LogP contribution is -2.31. The highest BCUT2D eigenvalue weighted by atomic mass is 35.5. The van der Waals surface area contributed by atoms with Crippen molar-refractivity contribution in [2.75, 3.05) is 18.4 Å². The van der Waals surface area contributed by atoms with Crippen molar-refractivity contribution < 1.29 is 18.0 Å². The Morgan fingerprint density at radius 2 is 1.96 bits per heavy atom. The lowest BCUT2D eigenvalue weighted by molar-refractivity contribution is 0.100. The third-order valence-corrected chi connectivity index (χ3v) is 6.94. The van der Waals surface area contributed by atoms with Crippen LogP contribution in [0.5, 0.6) is 0 Å². The maximum Gasteiger partial charge on any atom is 0.260 e. The lowest BCUT2D eigenvalue weighted by Gasteiger charge is -2.19. The van der Waals surface area contributed by atoms with Gasteiger partial charge in [0, 0.05) is 18.7 Å². The van der Waals surface area contributed by atoms with Crippen LogP contribution in [0, 0.1) is 0 Å². The zero-order chi connectivity index (χ0) is 19.5. The van der Waals surface area contributed by atoms with E-state index >= 15 is 0 Å². The number of anilines is 1. The number of carbonyl (C=O) groups is 2. The number of sulfonamides is 1. The molecule has 2 aromatic rings. The number of thiazole rings is 1. The van der Waals surface area contributed by atoms with Crippen LogP contribution in [0.4, 0.5) is 5.13 Å². The van der Waals surface area contributed by atoms with Crippen molar-refractivity contribution >= 4 is 49.9 Å². The first-order chi connectivity index (χ1) is 12.2. The standard InChI is InChI=1S/C15H17ClN4O4S2/c1-3-20(4-2)26(23,24)12-7-9(5-6-10(12)16)14(22)19-15-18-8-11(25-15)13(17)21/h5-8H,3-4H2,1-2H3,(H2,17,21)(H,18,19,22). The van der Waals surface area contributed by atoms with Crippen LogP contribution in [-0.2, 0) is 10.0 Å². The Morgan fingerprint density at radius 1 is 1.31 bits per heavy atom. The molecule has 8 nitrogen and oxygen atoms in total. The lowest BCUT2D eigenvalue weighted by atomic mass is 10.2. The highest BCUT2D eigenvalue weighted by Crippen LogP contribution is 2.26. The van der Waals surface area contributed by atoms with Gasteiger partial charge in [0.15, 0.2) is 5.13 Å². The number of hydrogen-bond donors (Lipinski definition) is 2. The van der Waals surface area contributed by atoms with Crippen molar-refractivity contribution in [1.82, 2.24) is 9.29 Å². The monoisotopic (exact) mass is 416 g/mol. The summed E-state index contributed by atoms with van der Waals surface area (Å²) in [5.74, 6) is -1.23. The molecule has 0 atom stereocenters. The summed E-state index contributed by atoms with van der Waals surface area (Å²) in [5, 5.41) is 2.70. The molecule has 1 aromatic heterocycles. The Balaban J connectivity index is 2.33. The number of aromatic nitrogens is 1. The van der Waals surface area contributed by atoms with E-state index in [0.29, 0.717) is 0 Å². The van der Waals surface area contributed by atoms with Gasteiger partial charge in [-0.05, 0) is 18.2 Å². The predicted molar refractivity (Wildman–Crippen MR) is 100 cm³/mol.